The fourth-order valence-electron chi connectivity index (χ4n) is 1.40. The standard InChI is InChI=1S/C15H20N2O3/c1-11(2)13(18)20-10-15(3,4)17-14(19)16-12-8-6-5-7-9-12/h5-9H,1,10H2,2-4H3,(H2,16,17,19). The normalized spacial score (nSPS) is 10.6. The van der Waals surface area contributed by atoms with Gasteiger partial charge in [0.05, 0.1) is 5.54 Å². The molecule has 1 aromatic carbocycles. The number of benzene rings is 1. The van der Waals surface area contributed by atoms with Gasteiger partial charge in [0.25, 0.3) is 0 Å². The van der Waals surface area contributed by atoms with Gasteiger partial charge in [-0.1, -0.05) is 24.8 Å². The number of para-hydroxylation sites is 1. The van der Waals surface area contributed by atoms with E-state index in [0.717, 1.165) is 0 Å². The molecule has 0 fully saturated rings. The van der Waals surface area contributed by atoms with E-state index >= 15 is 0 Å². The number of hydrogen-bond donors (Lipinski definition) is 2. The van der Waals surface area contributed by atoms with Gasteiger partial charge in [-0.3, -0.25) is 0 Å². The molecule has 1 aromatic rings. The SMILES string of the molecule is C=C(C)C(=O)OCC(C)(C)NC(=O)Nc1ccccc1. The lowest BCUT2D eigenvalue weighted by Gasteiger charge is -2.25. The molecule has 0 heterocycles. The van der Waals surface area contributed by atoms with E-state index in [1.165, 1.54) is 0 Å². The molecule has 20 heavy (non-hydrogen) atoms. The first kappa shape index (κ1) is 15.8. The zero-order valence-electron chi connectivity index (χ0n) is 12.0. The van der Waals surface area contributed by atoms with Crippen LogP contribution in [0.3, 0.4) is 0 Å². The maximum absolute atomic E-state index is 11.8. The van der Waals surface area contributed by atoms with Crippen LogP contribution in [0.25, 0.3) is 0 Å². The van der Waals surface area contributed by atoms with Crippen molar-refractivity contribution in [1.29, 1.82) is 0 Å². The average Bonchev–Trinajstić information content (AvgIpc) is 2.36. The number of urea groups is 1. The topological polar surface area (TPSA) is 67.4 Å². The van der Waals surface area contributed by atoms with E-state index in [1.54, 1.807) is 32.9 Å². The monoisotopic (exact) mass is 276 g/mol. The lowest BCUT2D eigenvalue weighted by atomic mass is 10.1. The molecule has 2 amide bonds. The van der Waals surface area contributed by atoms with Crippen LogP contribution in [-0.4, -0.2) is 24.1 Å². The summed E-state index contributed by atoms with van der Waals surface area (Å²) in [7, 11) is 0. The van der Waals surface area contributed by atoms with Crippen LogP contribution in [0.15, 0.2) is 42.5 Å². The zero-order chi connectivity index (χ0) is 15.2. The van der Waals surface area contributed by atoms with Crippen LogP contribution in [0.2, 0.25) is 0 Å². The van der Waals surface area contributed by atoms with Gasteiger partial charge < -0.3 is 15.4 Å². The van der Waals surface area contributed by atoms with E-state index in [0.29, 0.717) is 11.3 Å². The predicted octanol–water partition coefficient (Wildman–Crippen LogP) is 2.71. The third kappa shape index (κ3) is 5.56. The molecule has 0 aliphatic carbocycles. The Morgan fingerprint density at radius 3 is 2.40 bits per heavy atom. The zero-order valence-corrected chi connectivity index (χ0v) is 12.0. The van der Waals surface area contributed by atoms with Crippen molar-refractivity contribution in [3.8, 4) is 0 Å². The minimum atomic E-state index is -0.677. The highest BCUT2D eigenvalue weighted by Crippen LogP contribution is 2.08. The minimum Gasteiger partial charge on any atom is -0.460 e. The number of nitrogens with one attached hydrogen (secondary N) is 2. The second-order valence-corrected chi connectivity index (χ2v) is 5.19. The third-order valence-electron chi connectivity index (χ3n) is 2.40. The molecular weight excluding hydrogens is 256 g/mol. The van der Waals surface area contributed by atoms with Crippen molar-refractivity contribution in [3.63, 3.8) is 0 Å². The number of carbonyl (C=O) groups excluding carboxylic acids is 2. The molecule has 2 N–H and O–H groups in total. The molecule has 5 nitrogen and oxygen atoms in total. The number of amides is 2. The summed E-state index contributed by atoms with van der Waals surface area (Å²) < 4.78 is 5.04. The Labute approximate surface area is 119 Å². The van der Waals surface area contributed by atoms with Crippen molar-refractivity contribution in [2.45, 2.75) is 26.3 Å². The van der Waals surface area contributed by atoms with Crippen LogP contribution in [0, 0.1) is 0 Å². The summed E-state index contributed by atoms with van der Waals surface area (Å²) in [5.41, 5.74) is 0.346. The molecule has 0 bridgehead atoms. The Morgan fingerprint density at radius 2 is 1.85 bits per heavy atom. The molecule has 0 spiro atoms. The smallest absolute Gasteiger partial charge is 0.333 e. The van der Waals surface area contributed by atoms with Crippen LogP contribution >= 0.6 is 0 Å². The van der Waals surface area contributed by atoms with Crippen molar-refractivity contribution < 1.29 is 14.3 Å². The van der Waals surface area contributed by atoms with E-state index in [9.17, 15) is 9.59 Å². The van der Waals surface area contributed by atoms with Crippen LogP contribution < -0.4 is 10.6 Å². The number of hydrogen-bond acceptors (Lipinski definition) is 3. The first-order valence-electron chi connectivity index (χ1n) is 6.27. The maximum atomic E-state index is 11.8. The van der Waals surface area contributed by atoms with Crippen LogP contribution in [-0.2, 0) is 9.53 Å². The lowest BCUT2D eigenvalue weighted by Crippen LogP contribution is -2.49. The molecule has 0 saturated heterocycles. The van der Waals surface area contributed by atoms with Gasteiger partial charge in [-0.2, -0.15) is 0 Å². The molecule has 0 saturated carbocycles. The molecule has 0 aliphatic rings. The van der Waals surface area contributed by atoms with E-state index in [1.807, 2.05) is 18.2 Å². The highest BCUT2D eigenvalue weighted by atomic mass is 16.5. The Kier molecular flexibility index (Phi) is 5.32. The largest absolute Gasteiger partial charge is 0.460 e. The Morgan fingerprint density at radius 1 is 1.25 bits per heavy atom. The molecule has 0 aliphatic heterocycles. The van der Waals surface area contributed by atoms with Gasteiger partial charge in [-0.15, -0.1) is 0 Å². The molecule has 108 valence electrons. The summed E-state index contributed by atoms with van der Waals surface area (Å²) >= 11 is 0. The van der Waals surface area contributed by atoms with Crippen LogP contribution in [0.5, 0.6) is 0 Å². The molecule has 5 heteroatoms. The van der Waals surface area contributed by atoms with Crippen molar-refractivity contribution in [1.82, 2.24) is 5.32 Å². The van der Waals surface area contributed by atoms with E-state index in [2.05, 4.69) is 17.2 Å². The second-order valence-electron chi connectivity index (χ2n) is 5.19. The highest BCUT2D eigenvalue weighted by molar-refractivity contribution is 5.90. The Balaban J connectivity index is 2.47. The number of carbonyl (C=O) groups is 2. The summed E-state index contributed by atoms with van der Waals surface area (Å²) in [6.45, 7) is 8.68. The van der Waals surface area contributed by atoms with Gasteiger partial charge >= 0.3 is 12.0 Å². The molecule has 0 atom stereocenters. The van der Waals surface area contributed by atoms with Gasteiger partial charge in [0.1, 0.15) is 6.61 Å². The van der Waals surface area contributed by atoms with Crippen LogP contribution in [0.4, 0.5) is 10.5 Å². The van der Waals surface area contributed by atoms with Crippen molar-refractivity contribution in [2.24, 2.45) is 0 Å². The number of esters is 1. The number of rotatable bonds is 5. The summed E-state index contributed by atoms with van der Waals surface area (Å²) in [6.07, 6.45) is 0. The minimum absolute atomic E-state index is 0.0703. The second kappa shape index (κ2) is 6.75. The van der Waals surface area contributed by atoms with Gasteiger partial charge in [0.2, 0.25) is 0 Å². The van der Waals surface area contributed by atoms with Gasteiger partial charge in [0.15, 0.2) is 0 Å². The average molecular weight is 276 g/mol. The molecule has 0 radical (unpaired) electrons. The Bertz CT molecular complexity index is 495. The Hall–Kier alpha value is -2.30. The fourth-order valence-corrected chi connectivity index (χ4v) is 1.40. The summed E-state index contributed by atoms with van der Waals surface area (Å²) in [4.78, 5) is 23.1. The van der Waals surface area contributed by atoms with E-state index in [-0.39, 0.29) is 12.6 Å². The molecule has 0 aromatic heterocycles. The highest BCUT2D eigenvalue weighted by Gasteiger charge is 2.22. The van der Waals surface area contributed by atoms with Gasteiger partial charge in [0, 0.05) is 11.3 Å². The predicted molar refractivity (Wildman–Crippen MR) is 78.4 cm³/mol. The summed E-state index contributed by atoms with van der Waals surface area (Å²) in [5, 5.41) is 5.44. The number of ether oxygens (including phenoxy) is 1. The maximum Gasteiger partial charge on any atom is 0.333 e. The lowest BCUT2D eigenvalue weighted by molar-refractivity contribution is -0.140. The van der Waals surface area contributed by atoms with Crippen molar-refractivity contribution in [3.05, 3.63) is 42.5 Å². The summed E-state index contributed by atoms with van der Waals surface area (Å²) in [5.74, 6) is -0.469. The summed E-state index contributed by atoms with van der Waals surface area (Å²) in [6, 6.07) is 8.74. The van der Waals surface area contributed by atoms with Crippen LogP contribution in [0.1, 0.15) is 20.8 Å². The molecule has 0 unspecified atom stereocenters. The van der Waals surface area contributed by atoms with Gasteiger partial charge in [-0.25, -0.2) is 9.59 Å². The van der Waals surface area contributed by atoms with Crippen molar-refractivity contribution in [2.75, 3.05) is 11.9 Å². The quantitative estimate of drug-likeness (QED) is 0.642. The molecular formula is C15H20N2O3. The van der Waals surface area contributed by atoms with E-state index in [4.69, 9.17) is 4.74 Å². The fraction of sp³-hybridized carbons (Fsp3) is 0.333. The van der Waals surface area contributed by atoms with Crippen molar-refractivity contribution >= 4 is 17.7 Å². The van der Waals surface area contributed by atoms with E-state index < -0.39 is 11.5 Å². The number of anilines is 1. The third-order valence-corrected chi connectivity index (χ3v) is 2.40. The first-order valence-corrected chi connectivity index (χ1v) is 6.27. The first-order chi connectivity index (χ1) is 9.30. The van der Waals surface area contributed by atoms with Gasteiger partial charge in [-0.05, 0) is 32.9 Å². The molecule has 1 rings (SSSR count).